The fourth-order valence-electron chi connectivity index (χ4n) is 3.72. The minimum atomic E-state index is 0.271. The number of nitrogens with one attached hydrogen (secondary N) is 3. The minimum Gasteiger partial charge on any atom is -0.508 e. The second-order valence-electron chi connectivity index (χ2n) is 7.62. The summed E-state index contributed by atoms with van der Waals surface area (Å²) in [5.41, 5.74) is 4.61. The SMILES string of the molecule is Oc1ccc(CCNc2ncnc3nc(Nc4ccc(N5CCOCC5)cc4)[nH]c23)cc1. The number of aromatic nitrogens is 4. The number of anilines is 4. The molecule has 5 rings (SSSR count). The summed E-state index contributed by atoms with van der Waals surface area (Å²) in [5, 5.41) is 16.1. The smallest absolute Gasteiger partial charge is 0.207 e. The molecule has 164 valence electrons. The number of benzene rings is 2. The Morgan fingerprint density at radius 1 is 1.00 bits per heavy atom. The summed E-state index contributed by atoms with van der Waals surface area (Å²) in [7, 11) is 0. The van der Waals surface area contributed by atoms with Crippen LogP contribution in [0, 0.1) is 0 Å². The van der Waals surface area contributed by atoms with Gasteiger partial charge in [0.1, 0.15) is 17.6 Å². The highest BCUT2D eigenvalue weighted by atomic mass is 16.5. The van der Waals surface area contributed by atoms with Gasteiger partial charge in [-0.15, -0.1) is 0 Å². The van der Waals surface area contributed by atoms with E-state index in [2.05, 4.69) is 47.6 Å². The van der Waals surface area contributed by atoms with Gasteiger partial charge in [-0.1, -0.05) is 12.1 Å². The van der Waals surface area contributed by atoms with E-state index in [0.717, 1.165) is 49.5 Å². The number of hydrogen-bond donors (Lipinski definition) is 4. The van der Waals surface area contributed by atoms with E-state index in [0.29, 0.717) is 24.0 Å². The highest BCUT2D eigenvalue weighted by Gasteiger charge is 2.12. The average Bonchev–Trinajstić information content (AvgIpc) is 3.25. The normalized spacial score (nSPS) is 13.9. The van der Waals surface area contributed by atoms with E-state index < -0.39 is 0 Å². The topological polar surface area (TPSA) is 111 Å². The summed E-state index contributed by atoms with van der Waals surface area (Å²) >= 11 is 0. The molecule has 0 amide bonds. The van der Waals surface area contributed by atoms with Crippen LogP contribution in [-0.4, -0.2) is 57.9 Å². The second kappa shape index (κ2) is 9.11. The maximum atomic E-state index is 9.40. The Morgan fingerprint density at radius 2 is 1.78 bits per heavy atom. The molecule has 0 bridgehead atoms. The molecule has 1 aliphatic heterocycles. The van der Waals surface area contributed by atoms with E-state index in [-0.39, 0.29) is 5.75 Å². The summed E-state index contributed by atoms with van der Waals surface area (Å²) in [6, 6.07) is 15.5. The van der Waals surface area contributed by atoms with Crippen molar-refractivity contribution in [1.82, 2.24) is 19.9 Å². The van der Waals surface area contributed by atoms with Crippen LogP contribution in [0.1, 0.15) is 5.56 Å². The number of imidazole rings is 1. The highest BCUT2D eigenvalue weighted by Crippen LogP contribution is 2.24. The molecule has 0 aliphatic carbocycles. The van der Waals surface area contributed by atoms with Crippen molar-refractivity contribution < 1.29 is 9.84 Å². The van der Waals surface area contributed by atoms with Gasteiger partial charge in [0.2, 0.25) is 5.95 Å². The molecule has 1 saturated heterocycles. The summed E-state index contributed by atoms with van der Waals surface area (Å²) in [6.45, 7) is 4.06. The van der Waals surface area contributed by atoms with E-state index in [9.17, 15) is 5.11 Å². The van der Waals surface area contributed by atoms with Crippen LogP contribution in [0.15, 0.2) is 54.9 Å². The van der Waals surface area contributed by atoms with Crippen LogP contribution in [0.3, 0.4) is 0 Å². The Morgan fingerprint density at radius 3 is 2.56 bits per heavy atom. The number of aromatic hydroxyl groups is 1. The van der Waals surface area contributed by atoms with Gasteiger partial charge in [0, 0.05) is 31.0 Å². The number of H-pyrrole nitrogens is 1. The van der Waals surface area contributed by atoms with Crippen LogP contribution in [0.5, 0.6) is 5.75 Å². The van der Waals surface area contributed by atoms with Crippen LogP contribution in [0.4, 0.5) is 23.1 Å². The van der Waals surface area contributed by atoms with Gasteiger partial charge < -0.3 is 30.4 Å². The third kappa shape index (κ3) is 4.57. The maximum Gasteiger partial charge on any atom is 0.207 e. The largest absolute Gasteiger partial charge is 0.508 e. The molecule has 9 heteroatoms. The van der Waals surface area contributed by atoms with Crippen LogP contribution in [-0.2, 0) is 11.2 Å². The van der Waals surface area contributed by atoms with E-state index in [4.69, 9.17) is 4.74 Å². The number of phenols is 1. The predicted molar refractivity (Wildman–Crippen MR) is 125 cm³/mol. The van der Waals surface area contributed by atoms with Gasteiger partial charge in [-0.3, -0.25) is 0 Å². The van der Waals surface area contributed by atoms with Crippen molar-refractivity contribution in [3.05, 3.63) is 60.4 Å². The fraction of sp³-hybridized carbons (Fsp3) is 0.261. The average molecular weight is 432 g/mol. The van der Waals surface area contributed by atoms with Gasteiger partial charge in [-0.25, -0.2) is 9.97 Å². The van der Waals surface area contributed by atoms with Crippen molar-refractivity contribution in [3.8, 4) is 5.75 Å². The van der Waals surface area contributed by atoms with Crippen molar-refractivity contribution in [2.75, 3.05) is 48.4 Å². The molecule has 9 nitrogen and oxygen atoms in total. The zero-order chi connectivity index (χ0) is 21.8. The lowest BCUT2D eigenvalue weighted by atomic mass is 10.1. The monoisotopic (exact) mass is 431 g/mol. The van der Waals surface area contributed by atoms with E-state index in [1.807, 2.05) is 24.3 Å². The molecule has 0 unspecified atom stereocenters. The lowest BCUT2D eigenvalue weighted by molar-refractivity contribution is 0.122. The van der Waals surface area contributed by atoms with Gasteiger partial charge in [0.15, 0.2) is 11.5 Å². The number of hydrogen-bond acceptors (Lipinski definition) is 8. The number of aromatic amines is 1. The van der Waals surface area contributed by atoms with E-state index in [1.54, 1.807) is 12.1 Å². The number of ether oxygens (including phenoxy) is 1. The van der Waals surface area contributed by atoms with Crippen molar-refractivity contribution >= 4 is 34.3 Å². The Hall–Kier alpha value is -3.85. The second-order valence-corrected chi connectivity index (χ2v) is 7.62. The van der Waals surface area contributed by atoms with Crippen LogP contribution in [0.2, 0.25) is 0 Å². The molecule has 0 radical (unpaired) electrons. The first-order valence-electron chi connectivity index (χ1n) is 10.7. The van der Waals surface area contributed by atoms with Crippen LogP contribution < -0.4 is 15.5 Å². The number of rotatable bonds is 7. The molecule has 3 heterocycles. The van der Waals surface area contributed by atoms with Crippen molar-refractivity contribution in [1.29, 1.82) is 0 Å². The van der Waals surface area contributed by atoms with Gasteiger partial charge in [0.25, 0.3) is 0 Å². The summed E-state index contributed by atoms with van der Waals surface area (Å²) in [6.07, 6.45) is 2.31. The van der Waals surface area contributed by atoms with Gasteiger partial charge in [0.05, 0.1) is 13.2 Å². The number of fused-ring (bicyclic) bond motifs is 1. The quantitative estimate of drug-likeness (QED) is 0.353. The van der Waals surface area contributed by atoms with Gasteiger partial charge in [-0.2, -0.15) is 4.98 Å². The molecule has 0 spiro atoms. The zero-order valence-electron chi connectivity index (χ0n) is 17.6. The first-order chi connectivity index (χ1) is 15.7. The molecule has 32 heavy (non-hydrogen) atoms. The summed E-state index contributed by atoms with van der Waals surface area (Å²) < 4.78 is 5.42. The standard InChI is InChI=1S/C23H25N7O2/c31-19-7-1-16(2-8-19)9-10-24-21-20-22(26-15-25-21)29-23(28-20)27-17-3-5-18(6-4-17)30-11-13-32-14-12-30/h1-8,15,31H,9-14H2,(H3,24,25,26,27,28,29). The molecule has 1 aliphatic rings. The molecule has 4 N–H and O–H groups in total. The number of phenolic OH excluding ortho intramolecular Hbond substituents is 1. The Kier molecular flexibility index (Phi) is 5.71. The molecule has 1 fully saturated rings. The Balaban J connectivity index is 1.25. The molecule has 0 saturated carbocycles. The lowest BCUT2D eigenvalue weighted by Gasteiger charge is -2.28. The molecular formula is C23H25N7O2. The lowest BCUT2D eigenvalue weighted by Crippen LogP contribution is -2.36. The maximum absolute atomic E-state index is 9.40. The third-order valence-electron chi connectivity index (χ3n) is 5.44. The summed E-state index contributed by atoms with van der Waals surface area (Å²) in [5.74, 6) is 1.59. The molecule has 0 atom stereocenters. The Labute approximate surface area is 185 Å². The number of morpholine rings is 1. The van der Waals surface area contributed by atoms with Crippen LogP contribution >= 0.6 is 0 Å². The molecule has 2 aromatic carbocycles. The van der Waals surface area contributed by atoms with Gasteiger partial charge in [-0.05, 0) is 48.4 Å². The molecule has 2 aromatic heterocycles. The first kappa shape index (κ1) is 20.1. The van der Waals surface area contributed by atoms with E-state index in [1.165, 1.54) is 12.0 Å². The van der Waals surface area contributed by atoms with Gasteiger partial charge >= 0.3 is 0 Å². The molecular weight excluding hydrogens is 406 g/mol. The van der Waals surface area contributed by atoms with Crippen molar-refractivity contribution in [3.63, 3.8) is 0 Å². The van der Waals surface area contributed by atoms with Crippen molar-refractivity contribution in [2.24, 2.45) is 0 Å². The third-order valence-corrected chi connectivity index (χ3v) is 5.44. The van der Waals surface area contributed by atoms with E-state index >= 15 is 0 Å². The van der Waals surface area contributed by atoms with Crippen molar-refractivity contribution in [2.45, 2.75) is 6.42 Å². The summed E-state index contributed by atoms with van der Waals surface area (Å²) in [4.78, 5) is 18.8. The zero-order valence-corrected chi connectivity index (χ0v) is 17.6. The predicted octanol–water partition coefficient (Wildman–Crippen LogP) is 3.29. The number of nitrogens with zero attached hydrogens (tertiary/aromatic N) is 4. The highest BCUT2D eigenvalue weighted by molar-refractivity contribution is 5.84. The first-order valence-corrected chi connectivity index (χ1v) is 10.7. The molecule has 4 aromatic rings. The van der Waals surface area contributed by atoms with Crippen LogP contribution in [0.25, 0.3) is 11.2 Å². The minimum absolute atomic E-state index is 0.271. The fourth-order valence-corrected chi connectivity index (χ4v) is 3.72. The Bertz CT molecular complexity index is 1170.